The first kappa shape index (κ1) is 25.4. The summed E-state index contributed by atoms with van der Waals surface area (Å²) in [5.74, 6) is -0.797. The van der Waals surface area contributed by atoms with Crippen molar-refractivity contribution in [3.8, 4) is 0 Å². The summed E-state index contributed by atoms with van der Waals surface area (Å²) in [6.07, 6.45) is 1.85. The summed E-state index contributed by atoms with van der Waals surface area (Å²) in [5.41, 5.74) is 0.782. The number of rotatable bonds is 4. The molecule has 198 valence electrons. The molecule has 0 spiro atoms. The lowest BCUT2D eigenvalue weighted by Crippen LogP contribution is -2.63. The van der Waals surface area contributed by atoms with Crippen LogP contribution in [-0.2, 0) is 26.9 Å². The molecule has 1 amide bonds. The predicted octanol–water partition coefficient (Wildman–Crippen LogP) is 4.11. The summed E-state index contributed by atoms with van der Waals surface area (Å²) in [5, 5.41) is 0. The lowest BCUT2D eigenvalue weighted by atomic mass is 9.81. The van der Waals surface area contributed by atoms with Gasteiger partial charge in [-0.1, -0.05) is 12.8 Å². The van der Waals surface area contributed by atoms with E-state index in [0.29, 0.717) is 57.1 Å². The molecule has 3 fully saturated rings. The van der Waals surface area contributed by atoms with Gasteiger partial charge in [0.05, 0.1) is 30.0 Å². The van der Waals surface area contributed by atoms with Gasteiger partial charge in [-0.25, -0.2) is 0 Å². The molecule has 1 aromatic carbocycles. The van der Waals surface area contributed by atoms with Crippen LogP contribution in [0.3, 0.4) is 0 Å². The average Bonchev–Trinajstić information content (AvgIpc) is 3.42. The summed E-state index contributed by atoms with van der Waals surface area (Å²) < 4.78 is 45.6. The van der Waals surface area contributed by atoms with Crippen molar-refractivity contribution in [1.29, 1.82) is 0 Å². The minimum atomic E-state index is -4.42. The molecule has 1 aliphatic carbocycles. The number of likely N-dealkylation sites (tertiary alicyclic amines) is 1. The summed E-state index contributed by atoms with van der Waals surface area (Å²) >= 11 is 0. The Hall–Kier alpha value is -2.29. The van der Waals surface area contributed by atoms with Gasteiger partial charge in [0.15, 0.2) is 0 Å². The molecule has 2 atom stereocenters. The molecule has 1 saturated carbocycles. The molecule has 1 aromatic rings. The van der Waals surface area contributed by atoms with Crippen molar-refractivity contribution >= 4 is 17.6 Å². The van der Waals surface area contributed by atoms with Crippen LogP contribution in [0, 0.1) is 11.8 Å². The molecule has 5 rings (SSSR count). The maximum Gasteiger partial charge on any atom is 0.416 e. The van der Waals surface area contributed by atoms with E-state index in [2.05, 4.69) is 9.80 Å². The van der Waals surface area contributed by atoms with Crippen LogP contribution in [0.5, 0.6) is 0 Å². The van der Waals surface area contributed by atoms with Crippen LogP contribution < -0.4 is 4.90 Å². The predicted molar refractivity (Wildman–Crippen MR) is 130 cm³/mol. The molecule has 4 aliphatic rings. The van der Waals surface area contributed by atoms with E-state index >= 15 is 0 Å². The molecule has 0 aromatic heterocycles. The Bertz CT molecular complexity index is 971. The van der Waals surface area contributed by atoms with Gasteiger partial charge in [0, 0.05) is 44.5 Å². The number of amides is 1. The van der Waals surface area contributed by atoms with Gasteiger partial charge in [-0.2, -0.15) is 13.2 Å². The zero-order valence-corrected chi connectivity index (χ0v) is 20.9. The normalized spacial score (nSPS) is 26.0. The van der Waals surface area contributed by atoms with Crippen molar-refractivity contribution in [2.24, 2.45) is 11.8 Å². The molecule has 3 aliphatic heterocycles. The first-order valence-electron chi connectivity index (χ1n) is 13.4. The van der Waals surface area contributed by atoms with Gasteiger partial charge >= 0.3 is 12.1 Å². The fraction of sp³-hybridized carbons (Fsp3) is 0.704. The zero-order valence-electron chi connectivity index (χ0n) is 20.9. The van der Waals surface area contributed by atoms with Crippen LogP contribution in [0.4, 0.5) is 18.9 Å². The Balaban J connectivity index is 1.38. The SMILES string of the molecule is CCOC(=O)C1CCN(C(=O)[C@@H]2Cc3cc(C(F)(F)F)ccc3N3CCN(C4CCCC4)C[C@H]23)CC1. The molecule has 0 N–H and O–H groups in total. The third kappa shape index (κ3) is 4.95. The van der Waals surface area contributed by atoms with Gasteiger partial charge in [-0.15, -0.1) is 0 Å². The molecule has 0 bridgehead atoms. The van der Waals surface area contributed by atoms with E-state index in [9.17, 15) is 22.8 Å². The highest BCUT2D eigenvalue weighted by atomic mass is 19.4. The summed E-state index contributed by atoms with van der Waals surface area (Å²) in [6.45, 7) is 5.43. The largest absolute Gasteiger partial charge is 0.466 e. The highest BCUT2D eigenvalue weighted by Gasteiger charge is 2.45. The highest BCUT2D eigenvalue weighted by molar-refractivity contribution is 5.83. The first-order valence-corrected chi connectivity index (χ1v) is 13.4. The number of halogens is 3. The van der Waals surface area contributed by atoms with Crippen molar-refractivity contribution in [2.45, 2.75) is 70.1 Å². The Morgan fingerprint density at radius 3 is 2.42 bits per heavy atom. The van der Waals surface area contributed by atoms with Crippen molar-refractivity contribution in [3.05, 3.63) is 29.3 Å². The lowest BCUT2D eigenvalue weighted by molar-refractivity contribution is -0.152. The van der Waals surface area contributed by atoms with E-state index in [1.165, 1.54) is 37.8 Å². The number of nitrogens with zero attached hydrogens (tertiary/aromatic N) is 3. The second-order valence-electron chi connectivity index (χ2n) is 10.7. The molecule has 36 heavy (non-hydrogen) atoms. The molecule has 9 heteroatoms. The molecule has 2 saturated heterocycles. The fourth-order valence-electron chi connectivity index (χ4n) is 6.74. The number of carbonyl (C=O) groups is 2. The van der Waals surface area contributed by atoms with Crippen LogP contribution in [-0.4, -0.2) is 73.1 Å². The van der Waals surface area contributed by atoms with E-state index in [4.69, 9.17) is 4.74 Å². The molecular weight excluding hydrogens is 471 g/mol. The molecule has 3 heterocycles. The first-order chi connectivity index (χ1) is 17.3. The Morgan fingerprint density at radius 2 is 1.75 bits per heavy atom. The summed E-state index contributed by atoms with van der Waals surface area (Å²) in [4.78, 5) is 32.5. The van der Waals surface area contributed by atoms with Gasteiger partial charge in [-0.05, 0) is 62.8 Å². The van der Waals surface area contributed by atoms with Crippen LogP contribution in [0.25, 0.3) is 0 Å². The van der Waals surface area contributed by atoms with Gasteiger partial charge in [-0.3, -0.25) is 14.5 Å². The third-order valence-electron chi connectivity index (χ3n) is 8.66. The Labute approximate surface area is 210 Å². The number of ether oxygens (including phenoxy) is 1. The number of alkyl halides is 3. The number of anilines is 1. The quantitative estimate of drug-likeness (QED) is 0.574. The van der Waals surface area contributed by atoms with Crippen molar-refractivity contribution in [3.63, 3.8) is 0 Å². The van der Waals surface area contributed by atoms with E-state index in [-0.39, 0.29) is 23.8 Å². The van der Waals surface area contributed by atoms with Crippen LogP contribution >= 0.6 is 0 Å². The molecule has 6 nitrogen and oxygen atoms in total. The van der Waals surface area contributed by atoms with Crippen molar-refractivity contribution in [2.75, 3.05) is 44.2 Å². The lowest BCUT2D eigenvalue weighted by Gasteiger charge is -2.51. The van der Waals surface area contributed by atoms with Gasteiger partial charge in [0.1, 0.15) is 0 Å². The number of piperidine rings is 1. The Kier molecular flexibility index (Phi) is 7.21. The number of hydrogen-bond acceptors (Lipinski definition) is 5. The van der Waals surface area contributed by atoms with Crippen LogP contribution in [0.2, 0.25) is 0 Å². The second-order valence-corrected chi connectivity index (χ2v) is 10.7. The number of piperazine rings is 1. The summed E-state index contributed by atoms with van der Waals surface area (Å²) in [6, 6.07) is 4.49. The minimum absolute atomic E-state index is 0.00337. The Morgan fingerprint density at radius 1 is 1.03 bits per heavy atom. The standard InChI is InChI=1S/C27H36F3N3O3/c1-2-36-26(35)18-9-11-31(12-10-18)25(34)22-16-19-15-20(27(28,29)30)7-8-23(19)33-14-13-32(17-24(22)33)21-5-3-4-6-21/h7-8,15,18,21-22,24H,2-6,9-14,16-17H2,1H3/t22-,24-/m1/s1. The summed E-state index contributed by atoms with van der Waals surface area (Å²) in [7, 11) is 0. The van der Waals surface area contributed by atoms with Gasteiger partial charge in [0.2, 0.25) is 5.91 Å². The van der Waals surface area contributed by atoms with Gasteiger partial charge < -0.3 is 14.5 Å². The topological polar surface area (TPSA) is 53.1 Å². The van der Waals surface area contributed by atoms with E-state index in [0.717, 1.165) is 18.8 Å². The van der Waals surface area contributed by atoms with E-state index in [1.54, 1.807) is 13.0 Å². The van der Waals surface area contributed by atoms with Gasteiger partial charge in [0.25, 0.3) is 0 Å². The number of esters is 1. The average molecular weight is 508 g/mol. The van der Waals surface area contributed by atoms with Crippen LogP contribution in [0.15, 0.2) is 18.2 Å². The molecule has 0 radical (unpaired) electrons. The maximum atomic E-state index is 13.9. The zero-order chi connectivity index (χ0) is 25.4. The van der Waals surface area contributed by atoms with E-state index in [1.807, 2.05) is 4.90 Å². The smallest absolute Gasteiger partial charge is 0.416 e. The number of fused-ring (bicyclic) bond motifs is 3. The number of benzene rings is 1. The number of hydrogen-bond donors (Lipinski definition) is 0. The maximum absolute atomic E-state index is 13.9. The fourth-order valence-corrected chi connectivity index (χ4v) is 6.74. The van der Waals surface area contributed by atoms with E-state index < -0.39 is 17.7 Å². The number of carbonyl (C=O) groups excluding carboxylic acids is 2. The molecule has 0 unspecified atom stereocenters. The minimum Gasteiger partial charge on any atom is -0.466 e. The highest BCUT2D eigenvalue weighted by Crippen LogP contribution is 2.41. The third-order valence-corrected chi connectivity index (χ3v) is 8.66. The van der Waals surface area contributed by atoms with Crippen molar-refractivity contribution in [1.82, 2.24) is 9.80 Å². The van der Waals surface area contributed by atoms with Crippen molar-refractivity contribution < 1.29 is 27.5 Å². The van der Waals surface area contributed by atoms with Crippen LogP contribution in [0.1, 0.15) is 56.6 Å². The monoisotopic (exact) mass is 507 g/mol. The second kappa shape index (κ2) is 10.2. The molecular formula is C27H36F3N3O3.